The number of unbranched alkanes of at least 4 members (excludes halogenated alkanes) is 27. The third kappa shape index (κ3) is 33.4. The van der Waals surface area contributed by atoms with Crippen molar-refractivity contribution in [2.45, 2.75) is 226 Å². The molecular formula is C38H74O4. The fraction of sp³-hybridized carbons (Fsp3) is 0.947. The molecule has 0 saturated heterocycles. The van der Waals surface area contributed by atoms with Crippen molar-refractivity contribution in [1.82, 2.24) is 0 Å². The molecule has 0 amide bonds. The lowest BCUT2D eigenvalue weighted by molar-refractivity contribution is -0.158. The van der Waals surface area contributed by atoms with Crippen molar-refractivity contribution >= 4 is 11.9 Å². The molecule has 42 heavy (non-hydrogen) atoms. The Kier molecular flexibility index (Phi) is 33.6. The van der Waals surface area contributed by atoms with Gasteiger partial charge in [-0.1, -0.05) is 187 Å². The van der Waals surface area contributed by atoms with Crippen molar-refractivity contribution < 1.29 is 19.1 Å². The van der Waals surface area contributed by atoms with E-state index < -0.39 is 0 Å². The molecule has 0 radical (unpaired) electrons. The molecule has 0 aliphatic heterocycles. The molecule has 4 heteroatoms. The molecule has 0 heterocycles. The number of esters is 2. The maximum Gasteiger partial charge on any atom is 0.306 e. The van der Waals surface area contributed by atoms with Gasteiger partial charge in [-0.3, -0.25) is 9.59 Å². The summed E-state index contributed by atoms with van der Waals surface area (Å²) in [5.41, 5.74) is 0. The lowest BCUT2D eigenvalue weighted by Gasteiger charge is -2.13. The van der Waals surface area contributed by atoms with Crippen molar-refractivity contribution in [2.75, 3.05) is 6.61 Å². The summed E-state index contributed by atoms with van der Waals surface area (Å²) in [4.78, 5) is 24.1. The van der Waals surface area contributed by atoms with Crippen LogP contribution in [-0.4, -0.2) is 24.6 Å². The highest BCUT2D eigenvalue weighted by molar-refractivity contribution is 5.70. The van der Waals surface area contributed by atoms with Gasteiger partial charge in [0.2, 0.25) is 0 Å². The largest absolute Gasteiger partial charge is 0.462 e. The van der Waals surface area contributed by atoms with Crippen LogP contribution in [0.3, 0.4) is 0 Å². The molecule has 0 aliphatic carbocycles. The van der Waals surface area contributed by atoms with Crippen LogP contribution in [0, 0.1) is 0 Å². The summed E-state index contributed by atoms with van der Waals surface area (Å²) in [6, 6.07) is 0. The van der Waals surface area contributed by atoms with Gasteiger partial charge < -0.3 is 9.47 Å². The molecule has 0 saturated carbocycles. The Morgan fingerprint density at radius 3 is 0.976 bits per heavy atom. The average Bonchev–Trinajstić information content (AvgIpc) is 2.98. The molecule has 0 spiro atoms. The molecule has 0 aromatic carbocycles. The summed E-state index contributed by atoms with van der Waals surface area (Å²) in [5.74, 6) is -0.334. The van der Waals surface area contributed by atoms with Crippen molar-refractivity contribution in [3.63, 3.8) is 0 Å². The van der Waals surface area contributed by atoms with E-state index in [4.69, 9.17) is 9.47 Å². The number of hydrogen-bond acceptors (Lipinski definition) is 4. The highest BCUT2D eigenvalue weighted by Crippen LogP contribution is 2.15. The highest BCUT2D eigenvalue weighted by atomic mass is 16.6. The van der Waals surface area contributed by atoms with Crippen LogP contribution >= 0.6 is 0 Å². The molecular weight excluding hydrogens is 520 g/mol. The summed E-state index contributed by atoms with van der Waals surface area (Å²) in [5, 5.41) is 0. The normalized spacial score (nSPS) is 12.0. The molecule has 1 unspecified atom stereocenters. The lowest BCUT2D eigenvalue weighted by atomic mass is 10.0. The zero-order valence-electron chi connectivity index (χ0n) is 28.8. The minimum Gasteiger partial charge on any atom is -0.462 e. The second-order valence-electron chi connectivity index (χ2n) is 13.0. The first-order chi connectivity index (χ1) is 20.6. The van der Waals surface area contributed by atoms with Gasteiger partial charge in [-0.25, -0.2) is 0 Å². The van der Waals surface area contributed by atoms with Crippen LogP contribution in [0.25, 0.3) is 0 Å². The first kappa shape index (κ1) is 40.9. The fourth-order valence-corrected chi connectivity index (χ4v) is 5.70. The number of ether oxygens (including phenoxy) is 2. The molecule has 0 aliphatic rings. The SMILES string of the molecule is CCCCCCCCCCCCCCCCCCC(=O)OC(C)COC(=O)CCCCCCCCCCCCCCC. The smallest absolute Gasteiger partial charge is 0.306 e. The standard InChI is InChI=1S/C38H74O4/c1-4-6-8-10-12-14-16-18-19-20-22-24-26-28-30-32-34-38(40)42-36(3)35-41-37(39)33-31-29-27-25-23-21-17-15-13-11-9-7-5-2/h36H,4-35H2,1-3H3. The zero-order chi connectivity index (χ0) is 30.8. The van der Waals surface area contributed by atoms with E-state index in [1.54, 1.807) is 0 Å². The van der Waals surface area contributed by atoms with Gasteiger partial charge in [-0.05, 0) is 19.8 Å². The number of hydrogen-bond donors (Lipinski definition) is 0. The molecule has 0 N–H and O–H groups in total. The number of carbonyl (C=O) groups excluding carboxylic acids is 2. The Morgan fingerprint density at radius 2 is 0.667 bits per heavy atom. The Balaban J connectivity index is 3.38. The van der Waals surface area contributed by atoms with Gasteiger partial charge in [0.1, 0.15) is 12.7 Å². The maximum atomic E-state index is 12.1. The van der Waals surface area contributed by atoms with E-state index in [9.17, 15) is 9.59 Å². The van der Waals surface area contributed by atoms with Crippen molar-refractivity contribution in [3.8, 4) is 0 Å². The molecule has 250 valence electrons. The van der Waals surface area contributed by atoms with Gasteiger partial charge in [0.05, 0.1) is 0 Å². The Morgan fingerprint density at radius 1 is 0.405 bits per heavy atom. The van der Waals surface area contributed by atoms with Crippen LogP contribution in [0.1, 0.15) is 220 Å². The number of rotatable bonds is 34. The van der Waals surface area contributed by atoms with Gasteiger partial charge in [-0.15, -0.1) is 0 Å². The predicted octanol–water partition coefficient (Wildman–Crippen LogP) is 12.6. The first-order valence-electron chi connectivity index (χ1n) is 18.9. The third-order valence-corrected chi connectivity index (χ3v) is 8.53. The minimum atomic E-state index is -0.367. The van der Waals surface area contributed by atoms with Gasteiger partial charge in [0, 0.05) is 12.8 Å². The topological polar surface area (TPSA) is 52.6 Å². The molecule has 4 nitrogen and oxygen atoms in total. The monoisotopic (exact) mass is 595 g/mol. The van der Waals surface area contributed by atoms with Crippen molar-refractivity contribution in [1.29, 1.82) is 0 Å². The second-order valence-corrected chi connectivity index (χ2v) is 13.0. The van der Waals surface area contributed by atoms with Crippen LogP contribution in [0.4, 0.5) is 0 Å². The maximum absolute atomic E-state index is 12.1. The summed E-state index contributed by atoms with van der Waals surface area (Å²) >= 11 is 0. The molecule has 0 rings (SSSR count). The summed E-state index contributed by atoms with van der Waals surface area (Å²) < 4.78 is 10.8. The Labute approximate surface area is 263 Å². The van der Waals surface area contributed by atoms with Crippen LogP contribution in [0.2, 0.25) is 0 Å². The van der Waals surface area contributed by atoms with E-state index in [0.29, 0.717) is 12.8 Å². The van der Waals surface area contributed by atoms with Gasteiger partial charge >= 0.3 is 11.9 Å². The van der Waals surface area contributed by atoms with Crippen LogP contribution in [0.15, 0.2) is 0 Å². The molecule has 0 bridgehead atoms. The molecule has 0 aromatic heterocycles. The van der Waals surface area contributed by atoms with Crippen molar-refractivity contribution in [2.24, 2.45) is 0 Å². The van der Waals surface area contributed by atoms with Crippen molar-refractivity contribution in [3.05, 3.63) is 0 Å². The Hall–Kier alpha value is -1.06. The van der Waals surface area contributed by atoms with Crippen LogP contribution in [-0.2, 0) is 19.1 Å². The summed E-state index contributed by atoms with van der Waals surface area (Å²) in [6.07, 6.45) is 38.6. The van der Waals surface area contributed by atoms with Gasteiger partial charge in [-0.2, -0.15) is 0 Å². The van der Waals surface area contributed by atoms with Crippen LogP contribution in [0.5, 0.6) is 0 Å². The second kappa shape index (κ2) is 34.4. The third-order valence-electron chi connectivity index (χ3n) is 8.53. The fourth-order valence-electron chi connectivity index (χ4n) is 5.70. The lowest BCUT2D eigenvalue weighted by Crippen LogP contribution is -2.22. The highest BCUT2D eigenvalue weighted by Gasteiger charge is 2.12. The van der Waals surface area contributed by atoms with E-state index in [1.165, 1.54) is 161 Å². The summed E-state index contributed by atoms with van der Waals surface area (Å²) in [7, 11) is 0. The van der Waals surface area contributed by atoms with E-state index in [0.717, 1.165) is 25.7 Å². The zero-order valence-corrected chi connectivity index (χ0v) is 28.8. The van der Waals surface area contributed by atoms with E-state index >= 15 is 0 Å². The van der Waals surface area contributed by atoms with Crippen LogP contribution < -0.4 is 0 Å². The summed E-state index contributed by atoms with van der Waals surface area (Å²) in [6.45, 7) is 6.53. The quantitative estimate of drug-likeness (QED) is 0.0549. The molecule has 0 aromatic rings. The van der Waals surface area contributed by atoms with E-state index in [2.05, 4.69) is 13.8 Å². The van der Waals surface area contributed by atoms with Gasteiger partial charge in [0.15, 0.2) is 0 Å². The first-order valence-corrected chi connectivity index (χ1v) is 18.9. The predicted molar refractivity (Wildman–Crippen MR) is 181 cm³/mol. The molecule has 1 atom stereocenters. The van der Waals surface area contributed by atoms with E-state index in [1.807, 2.05) is 6.92 Å². The molecule has 0 fully saturated rings. The van der Waals surface area contributed by atoms with E-state index in [-0.39, 0.29) is 24.6 Å². The van der Waals surface area contributed by atoms with Gasteiger partial charge in [0.25, 0.3) is 0 Å². The average molecular weight is 595 g/mol. The Bertz CT molecular complexity index is 561. The number of carbonyl (C=O) groups is 2. The minimum absolute atomic E-state index is 0.166.